The van der Waals surface area contributed by atoms with Crippen molar-refractivity contribution in [3.8, 4) is 0 Å². The molecule has 0 bridgehead atoms. The number of benzene rings is 1. The number of rotatable bonds is 3. The van der Waals surface area contributed by atoms with E-state index >= 15 is 0 Å². The Morgan fingerprint density at radius 2 is 2.10 bits per heavy atom. The van der Waals surface area contributed by atoms with Gasteiger partial charge < -0.3 is 4.90 Å². The van der Waals surface area contributed by atoms with Crippen molar-refractivity contribution in [1.29, 1.82) is 0 Å². The molecule has 1 aromatic rings. The summed E-state index contributed by atoms with van der Waals surface area (Å²) in [6.45, 7) is 10.3. The van der Waals surface area contributed by atoms with Crippen molar-refractivity contribution >= 4 is 27.5 Å². The van der Waals surface area contributed by atoms with E-state index in [1.165, 1.54) is 11.1 Å². The molecule has 1 aromatic carbocycles. The fourth-order valence-electron chi connectivity index (χ4n) is 2.88. The summed E-state index contributed by atoms with van der Waals surface area (Å²) in [7, 11) is 0. The fraction of sp³-hybridized carbons (Fsp3) is 0.611. The maximum absolute atomic E-state index is 12.7. The van der Waals surface area contributed by atoms with Crippen LogP contribution in [0.25, 0.3) is 0 Å². The zero-order valence-electron chi connectivity index (χ0n) is 13.7. The number of amides is 1. The largest absolute Gasteiger partial charge is 0.309 e. The van der Waals surface area contributed by atoms with Crippen LogP contribution in [0.4, 0.5) is 5.69 Å². The van der Waals surface area contributed by atoms with Gasteiger partial charge >= 0.3 is 0 Å². The van der Waals surface area contributed by atoms with Crippen LogP contribution in [0.2, 0.25) is 0 Å². The van der Waals surface area contributed by atoms with E-state index in [4.69, 9.17) is 0 Å². The summed E-state index contributed by atoms with van der Waals surface area (Å²) in [5, 5.41) is 0. The molecular formula is C18H26BrNO. The van der Waals surface area contributed by atoms with Gasteiger partial charge in [0.15, 0.2) is 0 Å². The Labute approximate surface area is 137 Å². The summed E-state index contributed by atoms with van der Waals surface area (Å²) in [5.74, 6) is 0.216. The van der Waals surface area contributed by atoms with Crippen LogP contribution in [0.3, 0.4) is 0 Å². The molecule has 0 spiro atoms. The molecular weight excluding hydrogens is 326 g/mol. The topological polar surface area (TPSA) is 20.3 Å². The van der Waals surface area contributed by atoms with Crippen LogP contribution in [0.15, 0.2) is 18.2 Å². The normalized spacial score (nSPS) is 19.5. The Hall–Kier alpha value is -0.830. The first kappa shape index (κ1) is 16.5. The molecule has 0 fully saturated rings. The first-order chi connectivity index (χ1) is 9.74. The summed E-state index contributed by atoms with van der Waals surface area (Å²) in [4.78, 5) is 15.2. The lowest BCUT2D eigenvalue weighted by molar-refractivity contribution is -0.126. The third kappa shape index (κ3) is 3.50. The van der Waals surface area contributed by atoms with E-state index in [1.807, 2.05) is 25.7 Å². The highest BCUT2D eigenvalue weighted by molar-refractivity contribution is 9.09. The second-order valence-electron chi connectivity index (χ2n) is 7.15. The van der Waals surface area contributed by atoms with Crippen molar-refractivity contribution < 1.29 is 4.79 Å². The van der Waals surface area contributed by atoms with E-state index < -0.39 is 0 Å². The van der Waals surface area contributed by atoms with Crippen molar-refractivity contribution in [3.05, 3.63) is 29.3 Å². The molecule has 3 heteroatoms. The second kappa shape index (κ2) is 6.12. The van der Waals surface area contributed by atoms with Crippen LogP contribution in [0.1, 0.15) is 52.2 Å². The molecule has 0 N–H and O–H groups in total. The zero-order chi connectivity index (χ0) is 15.8. The smallest absolute Gasteiger partial charge is 0.232 e. The number of alkyl halides is 1. The SMILES string of the molecule is CCC(Br)Cc1ccc2c(c1)CC(C)N2C(=O)C(C)(C)C. The van der Waals surface area contributed by atoms with Crippen LogP contribution in [0, 0.1) is 5.41 Å². The molecule has 116 valence electrons. The van der Waals surface area contributed by atoms with E-state index in [1.54, 1.807) is 0 Å². The summed E-state index contributed by atoms with van der Waals surface area (Å²) in [5.41, 5.74) is 3.44. The number of hydrogen-bond acceptors (Lipinski definition) is 1. The van der Waals surface area contributed by atoms with Crippen molar-refractivity contribution in [3.63, 3.8) is 0 Å². The molecule has 1 amide bonds. The van der Waals surface area contributed by atoms with Gasteiger partial charge in [0.2, 0.25) is 5.91 Å². The number of carbonyl (C=O) groups is 1. The van der Waals surface area contributed by atoms with Crippen LogP contribution in [-0.4, -0.2) is 16.8 Å². The maximum atomic E-state index is 12.7. The summed E-state index contributed by atoms with van der Waals surface area (Å²) < 4.78 is 0. The number of hydrogen-bond donors (Lipinski definition) is 0. The zero-order valence-corrected chi connectivity index (χ0v) is 15.3. The molecule has 2 nitrogen and oxygen atoms in total. The van der Waals surface area contributed by atoms with Crippen molar-refractivity contribution in [2.45, 2.75) is 64.8 Å². The highest BCUT2D eigenvalue weighted by Crippen LogP contribution is 2.36. The molecule has 1 aliphatic rings. The molecule has 0 radical (unpaired) electrons. The highest BCUT2D eigenvalue weighted by atomic mass is 79.9. The van der Waals surface area contributed by atoms with Gasteiger partial charge in [-0.3, -0.25) is 4.79 Å². The maximum Gasteiger partial charge on any atom is 0.232 e. The van der Waals surface area contributed by atoms with Crippen molar-refractivity contribution in [2.75, 3.05) is 4.90 Å². The molecule has 0 aromatic heterocycles. The number of nitrogens with zero attached hydrogens (tertiary/aromatic N) is 1. The first-order valence-corrected chi connectivity index (χ1v) is 8.75. The average molecular weight is 352 g/mol. The monoisotopic (exact) mass is 351 g/mol. The second-order valence-corrected chi connectivity index (χ2v) is 8.45. The highest BCUT2D eigenvalue weighted by Gasteiger charge is 2.36. The van der Waals surface area contributed by atoms with E-state index in [0.717, 1.165) is 24.9 Å². The van der Waals surface area contributed by atoms with E-state index in [9.17, 15) is 4.79 Å². The minimum atomic E-state index is -0.336. The van der Waals surface area contributed by atoms with Crippen molar-refractivity contribution in [1.82, 2.24) is 0 Å². The quantitative estimate of drug-likeness (QED) is 0.721. The molecule has 1 heterocycles. The van der Waals surface area contributed by atoms with Gasteiger partial charge in [0, 0.05) is 22.0 Å². The molecule has 1 aliphatic heterocycles. The van der Waals surface area contributed by atoms with Crippen LogP contribution < -0.4 is 4.90 Å². The lowest BCUT2D eigenvalue weighted by Gasteiger charge is -2.30. The first-order valence-electron chi connectivity index (χ1n) is 7.83. The third-order valence-corrected chi connectivity index (χ3v) is 5.09. The Morgan fingerprint density at radius 1 is 1.43 bits per heavy atom. The molecule has 21 heavy (non-hydrogen) atoms. The summed E-state index contributed by atoms with van der Waals surface area (Å²) in [6.07, 6.45) is 3.14. The average Bonchev–Trinajstić information content (AvgIpc) is 2.71. The molecule has 0 saturated heterocycles. The lowest BCUT2D eigenvalue weighted by atomic mass is 9.94. The molecule has 2 unspecified atom stereocenters. The number of anilines is 1. The van der Waals surface area contributed by atoms with Crippen LogP contribution >= 0.6 is 15.9 Å². The van der Waals surface area contributed by atoms with E-state index in [2.05, 4.69) is 48.0 Å². The third-order valence-electron chi connectivity index (χ3n) is 4.12. The van der Waals surface area contributed by atoms with Gasteiger partial charge in [-0.2, -0.15) is 0 Å². The van der Waals surface area contributed by atoms with Gasteiger partial charge in [-0.05, 0) is 43.4 Å². The Kier molecular flexibility index (Phi) is 4.82. The molecule has 2 atom stereocenters. The van der Waals surface area contributed by atoms with Gasteiger partial charge in [-0.25, -0.2) is 0 Å². The Morgan fingerprint density at radius 3 is 2.67 bits per heavy atom. The lowest BCUT2D eigenvalue weighted by Crippen LogP contribution is -2.42. The van der Waals surface area contributed by atoms with Crippen LogP contribution in [0.5, 0.6) is 0 Å². The molecule has 2 rings (SSSR count). The van der Waals surface area contributed by atoms with E-state index in [-0.39, 0.29) is 17.4 Å². The summed E-state index contributed by atoms with van der Waals surface area (Å²) >= 11 is 3.70. The number of carbonyl (C=O) groups excluding carboxylic acids is 1. The van der Waals surface area contributed by atoms with Crippen molar-refractivity contribution in [2.24, 2.45) is 5.41 Å². The number of halogens is 1. The fourth-order valence-corrected chi connectivity index (χ4v) is 3.26. The molecule has 0 aliphatic carbocycles. The van der Waals surface area contributed by atoms with Crippen LogP contribution in [-0.2, 0) is 17.6 Å². The minimum absolute atomic E-state index is 0.216. The Bertz CT molecular complexity index is 533. The minimum Gasteiger partial charge on any atom is -0.309 e. The summed E-state index contributed by atoms with van der Waals surface area (Å²) in [6, 6.07) is 6.84. The number of fused-ring (bicyclic) bond motifs is 1. The standard InChI is InChI=1S/C18H26BrNO/c1-6-15(19)11-13-7-8-16-14(10-13)9-12(2)20(16)17(21)18(3,4)5/h7-8,10,12,15H,6,9,11H2,1-5H3. The molecule has 0 saturated carbocycles. The predicted octanol–water partition coefficient (Wildman–Crippen LogP) is 4.73. The van der Waals surface area contributed by atoms with Gasteiger partial charge in [0.1, 0.15) is 0 Å². The van der Waals surface area contributed by atoms with Gasteiger partial charge in [-0.15, -0.1) is 0 Å². The van der Waals surface area contributed by atoms with Gasteiger partial charge in [0.25, 0.3) is 0 Å². The predicted molar refractivity (Wildman–Crippen MR) is 93.3 cm³/mol. The Balaban J connectivity index is 2.28. The van der Waals surface area contributed by atoms with Gasteiger partial charge in [0.05, 0.1) is 0 Å². The van der Waals surface area contributed by atoms with E-state index in [0.29, 0.717) is 4.83 Å². The van der Waals surface area contributed by atoms with Gasteiger partial charge in [-0.1, -0.05) is 55.8 Å².